The van der Waals surface area contributed by atoms with Crippen molar-refractivity contribution in [2.75, 3.05) is 0 Å². The maximum absolute atomic E-state index is 12.3. The Hall–Kier alpha value is -1.77. The molecular formula is C8H5F3N2O. The van der Waals surface area contributed by atoms with Gasteiger partial charge in [-0.15, -0.1) is 0 Å². The summed E-state index contributed by atoms with van der Waals surface area (Å²) in [5.41, 5.74) is -2.63. The molecule has 0 aliphatic rings. The van der Waals surface area contributed by atoms with Crippen molar-refractivity contribution in [3.05, 3.63) is 33.2 Å². The van der Waals surface area contributed by atoms with Crippen LogP contribution < -0.4 is 5.56 Å². The van der Waals surface area contributed by atoms with Gasteiger partial charge in [-0.1, -0.05) is 0 Å². The number of aromatic nitrogens is 1. The average Bonchev–Trinajstić information content (AvgIpc) is 2.02. The van der Waals surface area contributed by atoms with Crippen molar-refractivity contribution in [2.24, 2.45) is 0 Å². The maximum atomic E-state index is 12.3. The molecule has 0 aliphatic carbocycles. The van der Waals surface area contributed by atoms with Gasteiger partial charge in [0.05, 0.1) is 5.56 Å². The molecule has 14 heavy (non-hydrogen) atoms. The molecule has 0 atom stereocenters. The van der Waals surface area contributed by atoms with Gasteiger partial charge in [0.15, 0.2) is 0 Å². The van der Waals surface area contributed by atoms with Crippen molar-refractivity contribution < 1.29 is 13.2 Å². The van der Waals surface area contributed by atoms with Gasteiger partial charge in [-0.05, 0) is 13.0 Å². The molecule has 1 rings (SSSR count). The van der Waals surface area contributed by atoms with E-state index in [4.69, 9.17) is 5.26 Å². The molecule has 0 fully saturated rings. The number of pyridine rings is 1. The van der Waals surface area contributed by atoms with Crippen molar-refractivity contribution in [3.8, 4) is 6.07 Å². The molecule has 74 valence electrons. The van der Waals surface area contributed by atoms with Crippen molar-refractivity contribution in [1.29, 1.82) is 5.26 Å². The second-order valence-corrected chi connectivity index (χ2v) is 2.66. The summed E-state index contributed by atoms with van der Waals surface area (Å²) in [6.07, 6.45) is -4.56. The highest BCUT2D eigenvalue weighted by molar-refractivity contribution is 5.34. The summed E-state index contributed by atoms with van der Waals surface area (Å²) in [5.74, 6) is 0. The molecule has 0 aliphatic heterocycles. The molecule has 1 aromatic rings. The van der Waals surface area contributed by atoms with E-state index in [1.165, 1.54) is 6.07 Å². The van der Waals surface area contributed by atoms with Crippen LogP contribution in [0.3, 0.4) is 0 Å². The van der Waals surface area contributed by atoms with Crippen LogP contribution in [0.25, 0.3) is 0 Å². The lowest BCUT2D eigenvalue weighted by atomic mass is 10.1. The number of hydrogen-bond donors (Lipinski definition) is 1. The van der Waals surface area contributed by atoms with Crippen molar-refractivity contribution in [3.63, 3.8) is 0 Å². The zero-order valence-electron chi connectivity index (χ0n) is 7.07. The molecular weight excluding hydrogens is 197 g/mol. The van der Waals surface area contributed by atoms with E-state index >= 15 is 0 Å². The first kappa shape index (κ1) is 10.3. The molecule has 1 aromatic heterocycles. The molecule has 6 heteroatoms. The Balaban J connectivity index is 3.49. The summed E-state index contributed by atoms with van der Waals surface area (Å²) in [7, 11) is 0. The van der Waals surface area contributed by atoms with Crippen LogP contribution in [-0.2, 0) is 6.18 Å². The van der Waals surface area contributed by atoms with E-state index < -0.39 is 22.9 Å². The summed E-state index contributed by atoms with van der Waals surface area (Å²) < 4.78 is 36.8. The maximum Gasteiger partial charge on any atom is 0.418 e. The van der Waals surface area contributed by atoms with Gasteiger partial charge in [0.2, 0.25) is 0 Å². The van der Waals surface area contributed by atoms with E-state index in [1.807, 2.05) is 4.98 Å². The van der Waals surface area contributed by atoms with Gasteiger partial charge in [0.1, 0.15) is 11.6 Å². The van der Waals surface area contributed by atoms with Crippen LogP contribution in [0.2, 0.25) is 0 Å². The smallest absolute Gasteiger partial charge is 0.325 e. The summed E-state index contributed by atoms with van der Waals surface area (Å²) in [5, 5.41) is 8.36. The van der Waals surface area contributed by atoms with Crippen LogP contribution in [0.5, 0.6) is 0 Å². The van der Waals surface area contributed by atoms with Gasteiger partial charge in [0, 0.05) is 5.69 Å². The van der Waals surface area contributed by atoms with Crippen LogP contribution in [0.1, 0.15) is 16.8 Å². The molecule has 0 spiro atoms. The number of halogens is 3. The molecule has 0 radical (unpaired) electrons. The lowest BCUT2D eigenvalue weighted by Crippen LogP contribution is -2.18. The third-order valence-corrected chi connectivity index (χ3v) is 1.66. The number of nitriles is 1. The summed E-state index contributed by atoms with van der Waals surface area (Å²) in [6, 6.07) is 1.94. The number of H-pyrrole nitrogens is 1. The first-order chi connectivity index (χ1) is 6.36. The van der Waals surface area contributed by atoms with Crippen LogP contribution in [0.4, 0.5) is 13.2 Å². The zero-order valence-corrected chi connectivity index (χ0v) is 7.07. The quantitative estimate of drug-likeness (QED) is 0.694. The second kappa shape index (κ2) is 3.18. The highest BCUT2D eigenvalue weighted by Gasteiger charge is 2.33. The molecule has 3 nitrogen and oxygen atoms in total. The largest absolute Gasteiger partial charge is 0.418 e. The number of alkyl halides is 3. The number of hydrogen-bond acceptors (Lipinski definition) is 2. The number of nitrogens with one attached hydrogen (secondary N) is 1. The molecule has 1 N–H and O–H groups in total. The Labute approximate surface area is 76.8 Å². The van der Waals surface area contributed by atoms with Gasteiger partial charge in [-0.25, -0.2) is 0 Å². The zero-order chi connectivity index (χ0) is 10.9. The molecule has 0 aromatic carbocycles. The minimum Gasteiger partial charge on any atom is -0.325 e. The highest BCUT2D eigenvalue weighted by Crippen LogP contribution is 2.30. The first-order valence-electron chi connectivity index (χ1n) is 3.57. The SMILES string of the molecule is Cc1[nH]c(=O)c(C#N)cc1C(F)(F)F. The fraction of sp³-hybridized carbons (Fsp3) is 0.250. The molecule has 0 saturated carbocycles. The van der Waals surface area contributed by atoms with Crippen LogP contribution >= 0.6 is 0 Å². The summed E-state index contributed by atoms with van der Waals surface area (Å²) in [6.45, 7) is 1.13. The molecule has 0 unspecified atom stereocenters. The third-order valence-electron chi connectivity index (χ3n) is 1.66. The first-order valence-corrected chi connectivity index (χ1v) is 3.57. The Bertz CT molecular complexity index is 453. The van der Waals surface area contributed by atoms with Gasteiger partial charge >= 0.3 is 6.18 Å². The van der Waals surface area contributed by atoms with E-state index in [2.05, 4.69) is 0 Å². The van der Waals surface area contributed by atoms with Gasteiger partial charge in [-0.2, -0.15) is 18.4 Å². The Morgan fingerprint density at radius 1 is 1.50 bits per heavy atom. The number of aromatic amines is 1. The molecule has 0 amide bonds. The lowest BCUT2D eigenvalue weighted by Gasteiger charge is -2.09. The number of nitrogens with zero attached hydrogens (tertiary/aromatic N) is 1. The van der Waals surface area contributed by atoms with Crippen molar-refractivity contribution in [2.45, 2.75) is 13.1 Å². The Morgan fingerprint density at radius 2 is 2.07 bits per heavy atom. The predicted molar refractivity (Wildman–Crippen MR) is 41.5 cm³/mol. The van der Waals surface area contributed by atoms with E-state index in [9.17, 15) is 18.0 Å². The van der Waals surface area contributed by atoms with E-state index in [-0.39, 0.29) is 5.69 Å². The van der Waals surface area contributed by atoms with Crippen molar-refractivity contribution >= 4 is 0 Å². The number of aryl methyl sites for hydroxylation is 1. The van der Waals surface area contributed by atoms with E-state index in [1.54, 1.807) is 0 Å². The average molecular weight is 202 g/mol. The topological polar surface area (TPSA) is 56.6 Å². The fourth-order valence-electron chi connectivity index (χ4n) is 1.00. The van der Waals surface area contributed by atoms with Gasteiger partial charge in [-0.3, -0.25) is 4.79 Å². The normalized spacial score (nSPS) is 11.1. The second-order valence-electron chi connectivity index (χ2n) is 2.66. The summed E-state index contributed by atoms with van der Waals surface area (Å²) in [4.78, 5) is 12.9. The van der Waals surface area contributed by atoms with Crippen LogP contribution in [0.15, 0.2) is 10.9 Å². The third kappa shape index (κ3) is 1.76. The highest BCUT2D eigenvalue weighted by atomic mass is 19.4. The molecule has 1 heterocycles. The minimum absolute atomic E-state index is 0.290. The van der Waals surface area contributed by atoms with E-state index in [0.29, 0.717) is 6.07 Å². The van der Waals surface area contributed by atoms with Crippen molar-refractivity contribution in [1.82, 2.24) is 4.98 Å². The molecule has 0 bridgehead atoms. The standard InChI is InChI=1S/C8H5F3N2O/c1-4-6(8(9,10)11)2-5(3-12)7(14)13-4/h2H,1H3,(H,13,14). The van der Waals surface area contributed by atoms with Gasteiger partial charge in [0.25, 0.3) is 5.56 Å². The fourth-order valence-corrected chi connectivity index (χ4v) is 1.00. The predicted octanol–water partition coefficient (Wildman–Crippen LogP) is 1.57. The van der Waals surface area contributed by atoms with Gasteiger partial charge < -0.3 is 4.98 Å². The van der Waals surface area contributed by atoms with E-state index in [0.717, 1.165) is 6.92 Å². The summed E-state index contributed by atoms with van der Waals surface area (Å²) >= 11 is 0. The molecule has 0 saturated heterocycles. The Morgan fingerprint density at radius 3 is 2.50 bits per heavy atom. The van der Waals surface area contributed by atoms with Crippen LogP contribution in [-0.4, -0.2) is 4.98 Å². The van der Waals surface area contributed by atoms with Crippen LogP contribution in [0, 0.1) is 18.3 Å². The minimum atomic E-state index is -4.56. The lowest BCUT2D eigenvalue weighted by molar-refractivity contribution is -0.138. The Kier molecular flexibility index (Phi) is 2.34. The number of rotatable bonds is 0. The monoisotopic (exact) mass is 202 g/mol.